The van der Waals surface area contributed by atoms with E-state index in [0.29, 0.717) is 6.04 Å². The molecule has 0 aliphatic carbocycles. The number of benzene rings is 1. The number of pyridine rings is 1. The van der Waals surface area contributed by atoms with Crippen molar-refractivity contribution in [2.24, 2.45) is 5.41 Å². The second kappa shape index (κ2) is 6.22. The van der Waals surface area contributed by atoms with Crippen molar-refractivity contribution in [3.8, 4) is 0 Å². The minimum Gasteiger partial charge on any atom is -0.396 e. The van der Waals surface area contributed by atoms with Gasteiger partial charge < -0.3 is 14.9 Å². The van der Waals surface area contributed by atoms with Crippen molar-refractivity contribution in [3.63, 3.8) is 0 Å². The first-order valence-electron chi connectivity index (χ1n) is 9.15. The van der Waals surface area contributed by atoms with E-state index in [-0.39, 0.29) is 17.8 Å². The van der Waals surface area contributed by atoms with Crippen LogP contribution >= 0.6 is 0 Å². The summed E-state index contributed by atoms with van der Waals surface area (Å²) in [6, 6.07) is 7.21. The maximum atomic E-state index is 13.5. The minimum atomic E-state index is -0.223. The highest BCUT2D eigenvalue weighted by molar-refractivity contribution is 5.84. The van der Waals surface area contributed by atoms with Gasteiger partial charge in [-0.1, -0.05) is 0 Å². The smallest absolute Gasteiger partial charge is 0.129 e. The number of hydrogen-bond donors (Lipinski definition) is 1. The Labute approximate surface area is 148 Å². The number of anilines is 1. The van der Waals surface area contributed by atoms with Gasteiger partial charge in [-0.05, 0) is 69.6 Å². The molecule has 2 aliphatic rings. The van der Waals surface area contributed by atoms with Crippen LogP contribution < -0.4 is 4.90 Å². The van der Waals surface area contributed by atoms with Gasteiger partial charge in [0.05, 0.1) is 12.1 Å². The van der Waals surface area contributed by atoms with E-state index >= 15 is 0 Å². The molecule has 1 N–H and O–H groups in total. The molecule has 4 nitrogen and oxygen atoms in total. The van der Waals surface area contributed by atoms with E-state index in [1.54, 1.807) is 12.1 Å². The molecule has 25 heavy (non-hydrogen) atoms. The first-order chi connectivity index (χ1) is 12.0. The Morgan fingerprint density at radius 1 is 1.28 bits per heavy atom. The largest absolute Gasteiger partial charge is 0.396 e. The topological polar surface area (TPSA) is 39.6 Å². The van der Waals surface area contributed by atoms with Gasteiger partial charge in [0.2, 0.25) is 0 Å². The van der Waals surface area contributed by atoms with Crippen molar-refractivity contribution in [1.82, 2.24) is 9.88 Å². The number of rotatable bonds is 2. The van der Waals surface area contributed by atoms with Gasteiger partial charge in [-0.2, -0.15) is 0 Å². The number of fused-ring (bicyclic) bond motifs is 2. The van der Waals surface area contributed by atoms with Crippen molar-refractivity contribution in [2.45, 2.75) is 32.2 Å². The Bertz CT molecular complexity index is 796. The van der Waals surface area contributed by atoms with E-state index in [9.17, 15) is 9.50 Å². The predicted molar refractivity (Wildman–Crippen MR) is 98.4 cm³/mol. The average Bonchev–Trinajstić information content (AvgIpc) is 2.62. The molecule has 0 radical (unpaired) electrons. The first-order valence-corrected chi connectivity index (χ1v) is 9.15. The molecule has 2 fully saturated rings. The highest BCUT2D eigenvalue weighted by atomic mass is 19.1. The normalized spacial score (nSPS) is 27.5. The number of aliphatic hydroxyl groups is 1. The van der Waals surface area contributed by atoms with Crippen molar-refractivity contribution in [1.29, 1.82) is 0 Å². The predicted octanol–water partition coefficient (Wildman–Crippen LogP) is 2.97. The van der Waals surface area contributed by atoms with E-state index in [1.165, 1.54) is 6.07 Å². The van der Waals surface area contributed by atoms with Crippen LogP contribution in [0.5, 0.6) is 0 Å². The molecule has 1 aromatic carbocycles. The second-order valence-electron chi connectivity index (χ2n) is 7.78. The molecular formula is C20H26FN3O. The van der Waals surface area contributed by atoms with Gasteiger partial charge in [0, 0.05) is 29.9 Å². The van der Waals surface area contributed by atoms with Gasteiger partial charge in [-0.15, -0.1) is 0 Å². The first kappa shape index (κ1) is 16.7. The van der Waals surface area contributed by atoms with Gasteiger partial charge in [0.15, 0.2) is 0 Å². The van der Waals surface area contributed by atoms with Crippen LogP contribution in [0.15, 0.2) is 24.3 Å². The lowest BCUT2D eigenvalue weighted by molar-refractivity contribution is -0.0277. The summed E-state index contributed by atoms with van der Waals surface area (Å²) >= 11 is 0. The Hall–Kier alpha value is -1.72. The molecule has 2 atom stereocenters. The van der Waals surface area contributed by atoms with Gasteiger partial charge >= 0.3 is 0 Å². The van der Waals surface area contributed by atoms with Crippen molar-refractivity contribution in [2.75, 3.05) is 38.2 Å². The van der Waals surface area contributed by atoms with Gasteiger partial charge in [-0.25, -0.2) is 9.37 Å². The number of hydrogen-bond acceptors (Lipinski definition) is 4. The zero-order valence-corrected chi connectivity index (χ0v) is 15.0. The van der Waals surface area contributed by atoms with Gasteiger partial charge in [0.25, 0.3) is 0 Å². The summed E-state index contributed by atoms with van der Waals surface area (Å²) in [5.41, 5.74) is 1.92. The highest BCUT2D eigenvalue weighted by Crippen LogP contribution is 2.42. The monoisotopic (exact) mass is 343 g/mol. The number of likely N-dealkylation sites (N-methyl/N-ethyl adjacent to an activating group) is 1. The minimum absolute atomic E-state index is 0.0263. The summed E-state index contributed by atoms with van der Waals surface area (Å²) in [6.07, 6.45) is 3.25. The van der Waals surface area contributed by atoms with Crippen LogP contribution in [0.25, 0.3) is 10.9 Å². The standard InChI is InChI=1S/C20H26FN3O/c1-14-10-19(22-17-5-4-15(21)11-16(14)17)24-9-7-20(13-25)6-3-8-23(2)18(20)12-24/h4-5,10-11,18,25H,3,6-9,12-13H2,1-2H3/t18-,20-/m1/s1. The van der Waals surface area contributed by atoms with Crippen LogP contribution in [0.1, 0.15) is 24.8 Å². The lowest BCUT2D eigenvalue weighted by Gasteiger charge is -2.53. The van der Waals surface area contributed by atoms with E-state index in [0.717, 1.165) is 61.2 Å². The van der Waals surface area contributed by atoms with Gasteiger partial charge in [-0.3, -0.25) is 0 Å². The Kier molecular flexibility index (Phi) is 4.16. The molecule has 0 amide bonds. The van der Waals surface area contributed by atoms with Crippen LogP contribution in [-0.2, 0) is 0 Å². The summed E-state index contributed by atoms with van der Waals surface area (Å²) in [7, 11) is 2.17. The van der Waals surface area contributed by atoms with Crippen LogP contribution in [-0.4, -0.2) is 54.3 Å². The number of aryl methyl sites for hydroxylation is 1. The molecule has 2 saturated heterocycles. The quantitative estimate of drug-likeness (QED) is 0.910. The summed E-state index contributed by atoms with van der Waals surface area (Å²) in [4.78, 5) is 9.52. The van der Waals surface area contributed by atoms with Crippen LogP contribution in [0.2, 0.25) is 0 Å². The van der Waals surface area contributed by atoms with Crippen LogP contribution in [0, 0.1) is 18.2 Å². The van der Waals surface area contributed by atoms with Gasteiger partial charge in [0.1, 0.15) is 11.6 Å². The van der Waals surface area contributed by atoms with Crippen LogP contribution in [0.3, 0.4) is 0 Å². The fourth-order valence-electron chi connectivity index (χ4n) is 4.74. The molecule has 0 bridgehead atoms. The highest BCUT2D eigenvalue weighted by Gasteiger charge is 2.46. The summed E-state index contributed by atoms with van der Waals surface area (Å²) in [6.45, 7) is 5.16. The van der Waals surface area contributed by atoms with Crippen molar-refractivity contribution >= 4 is 16.7 Å². The number of piperidine rings is 2. The molecule has 4 rings (SSSR count). The Balaban J connectivity index is 1.67. The molecule has 1 aromatic heterocycles. The SMILES string of the molecule is Cc1cc(N2CC[C@@]3(CO)CCCN(C)[C@@H]3C2)nc2ccc(F)cc12. The third-order valence-corrected chi connectivity index (χ3v) is 6.30. The molecule has 2 aliphatic heterocycles. The summed E-state index contributed by atoms with van der Waals surface area (Å²) < 4.78 is 13.5. The fourth-order valence-corrected chi connectivity index (χ4v) is 4.74. The third-order valence-electron chi connectivity index (χ3n) is 6.30. The summed E-state index contributed by atoms with van der Waals surface area (Å²) in [5, 5.41) is 10.9. The average molecular weight is 343 g/mol. The number of halogens is 1. The summed E-state index contributed by atoms with van der Waals surface area (Å²) in [5.74, 6) is 0.738. The lowest BCUT2D eigenvalue weighted by atomic mass is 9.69. The van der Waals surface area contributed by atoms with Crippen molar-refractivity contribution < 1.29 is 9.50 Å². The molecule has 2 aromatic rings. The zero-order valence-electron chi connectivity index (χ0n) is 15.0. The maximum absolute atomic E-state index is 13.5. The molecule has 0 unspecified atom stereocenters. The maximum Gasteiger partial charge on any atom is 0.129 e. The molecule has 5 heteroatoms. The van der Waals surface area contributed by atoms with E-state index in [1.807, 2.05) is 6.92 Å². The molecule has 134 valence electrons. The molecule has 3 heterocycles. The Morgan fingerprint density at radius 2 is 2.12 bits per heavy atom. The number of aromatic nitrogens is 1. The van der Waals surface area contributed by atoms with E-state index < -0.39 is 0 Å². The number of likely N-dealkylation sites (tertiary alicyclic amines) is 1. The van der Waals surface area contributed by atoms with E-state index in [4.69, 9.17) is 4.98 Å². The zero-order chi connectivity index (χ0) is 17.6. The lowest BCUT2D eigenvalue weighted by Crippen LogP contribution is -2.61. The number of nitrogens with zero attached hydrogens (tertiary/aromatic N) is 3. The number of aliphatic hydroxyl groups excluding tert-OH is 1. The molecule has 0 saturated carbocycles. The van der Waals surface area contributed by atoms with Crippen LogP contribution in [0.4, 0.5) is 10.2 Å². The third kappa shape index (κ3) is 2.79. The van der Waals surface area contributed by atoms with Crippen molar-refractivity contribution in [3.05, 3.63) is 35.6 Å². The fraction of sp³-hybridized carbons (Fsp3) is 0.550. The van der Waals surface area contributed by atoms with E-state index in [2.05, 4.69) is 22.9 Å². The second-order valence-corrected chi connectivity index (χ2v) is 7.78. The molecule has 0 spiro atoms. The Morgan fingerprint density at radius 3 is 2.92 bits per heavy atom. The molecular weight excluding hydrogens is 317 g/mol.